The molecular formula is C22H24FN3O2S. The largest absolute Gasteiger partial charge is 0.496 e. The number of halogens is 1. The third kappa shape index (κ3) is 5.38. The SMILES string of the molecule is COc1ccccc1CCC(=O)N(CC(C)C)c1nnc(-c2cccc(F)c2)s1. The van der Waals surface area contributed by atoms with E-state index < -0.39 is 0 Å². The second-order valence-corrected chi connectivity index (χ2v) is 8.07. The molecule has 0 radical (unpaired) electrons. The minimum Gasteiger partial charge on any atom is -0.496 e. The van der Waals surface area contributed by atoms with Crippen LogP contribution in [0.25, 0.3) is 10.6 Å². The van der Waals surface area contributed by atoms with Crippen LogP contribution >= 0.6 is 11.3 Å². The maximum atomic E-state index is 13.5. The molecule has 1 heterocycles. The summed E-state index contributed by atoms with van der Waals surface area (Å²) < 4.78 is 18.9. The van der Waals surface area contributed by atoms with Gasteiger partial charge in [0.15, 0.2) is 0 Å². The van der Waals surface area contributed by atoms with Crippen LogP contribution in [0, 0.1) is 11.7 Å². The van der Waals surface area contributed by atoms with E-state index in [2.05, 4.69) is 24.0 Å². The van der Waals surface area contributed by atoms with Gasteiger partial charge in [0, 0.05) is 18.5 Å². The number of hydrogen-bond donors (Lipinski definition) is 0. The first-order chi connectivity index (χ1) is 14.0. The van der Waals surface area contributed by atoms with Crippen LogP contribution < -0.4 is 9.64 Å². The van der Waals surface area contributed by atoms with Gasteiger partial charge in [0.2, 0.25) is 11.0 Å². The topological polar surface area (TPSA) is 55.3 Å². The number of benzene rings is 2. The predicted octanol–water partition coefficient (Wildman–Crippen LogP) is 4.97. The molecule has 0 N–H and O–H groups in total. The van der Waals surface area contributed by atoms with Crippen molar-refractivity contribution >= 4 is 22.4 Å². The number of ether oxygens (including phenoxy) is 1. The molecule has 0 atom stereocenters. The Morgan fingerprint density at radius 3 is 2.69 bits per heavy atom. The third-order valence-corrected chi connectivity index (χ3v) is 5.36. The predicted molar refractivity (Wildman–Crippen MR) is 114 cm³/mol. The van der Waals surface area contributed by atoms with Crippen LogP contribution in [0.2, 0.25) is 0 Å². The Morgan fingerprint density at radius 1 is 1.17 bits per heavy atom. The highest BCUT2D eigenvalue weighted by atomic mass is 32.1. The van der Waals surface area contributed by atoms with Crippen LogP contribution in [-0.2, 0) is 11.2 Å². The van der Waals surface area contributed by atoms with Crippen LogP contribution in [0.4, 0.5) is 9.52 Å². The highest BCUT2D eigenvalue weighted by molar-refractivity contribution is 7.18. The number of hydrogen-bond acceptors (Lipinski definition) is 5. The number of aryl methyl sites for hydroxylation is 1. The number of rotatable bonds is 8. The molecule has 3 rings (SSSR count). The van der Waals surface area contributed by atoms with Gasteiger partial charge < -0.3 is 4.74 Å². The molecule has 0 saturated heterocycles. The fraction of sp³-hybridized carbons (Fsp3) is 0.318. The van der Waals surface area contributed by atoms with Crippen molar-refractivity contribution in [2.24, 2.45) is 5.92 Å². The van der Waals surface area contributed by atoms with Gasteiger partial charge in [-0.1, -0.05) is 55.5 Å². The Bertz CT molecular complexity index is 974. The zero-order valence-electron chi connectivity index (χ0n) is 16.8. The van der Waals surface area contributed by atoms with Gasteiger partial charge in [-0.15, -0.1) is 10.2 Å². The molecule has 152 valence electrons. The van der Waals surface area contributed by atoms with Gasteiger partial charge >= 0.3 is 0 Å². The molecule has 0 aliphatic rings. The number of methoxy groups -OCH3 is 1. The van der Waals surface area contributed by atoms with E-state index >= 15 is 0 Å². The first-order valence-corrected chi connectivity index (χ1v) is 10.3. The Morgan fingerprint density at radius 2 is 1.97 bits per heavy atom. The van der Waals surface area contributed by atoms with Crippen LogP contribution in [0.15, 0.2) is 48.5 Å². The fourth-order valence-corrected chi connectivity index (χ4v) is 3.87. The van der Waals surface area contributed by atoms with Crippen molar-refractivity contribution in [3.8, 4) is 16.3 Å². The van der Waals surface area contributed by atoms with Crippen molar-refractivity contribution in [3.63, 3.8) is 0 Å². The number of aromatic nitrogens is 2. The van der Waals surface area contributed by atoms with E-state index in [0.29, 0.717) is 35.1 Å². The van der Waals surface area contributed by atoms with Crippen molar-refractivity contribution in [3.05, 3.63) is 59.9 Å². The zero-order chi connectivity index (χ0) is 20.8. The molecule has 0 fully saturated rings. The molecule has 5 nitrogen and oxygen atoms in total. The maximum absolute atomic E-state index is 13.5. The summed E-state index contributed by atoms with van der Waals surface area (Å²) in [6.07, 6.45) is 0.912. The van der Waals surface area contributed by atoms with Crippen LogP contribution in [0.3, 0.4) is 0 Å². The Hall–Kier alpha value is -2.80. The van der Waals surface area contributed by atoms with Gasteiger partial charge in [-0.05, 0) is 36.1 Å². The second-order valence-electron chi connectivity index (χ2n) is 7.11. The van der Waals surface area contributed by atoms with Crippen molar-refractivity contribution in [2.75, 3.05) is 18.6 Å². The fourth-order valence-electron chi connectivity index (χ4n) is 3.00. The Kier molecular flexibility index (Phi) is 6.93. The molecule has 1 amide bonds. The summed E-state index contributed by atoms with van der Waals surface area (Å²) in [5, 5.41) is 9.50. The summed E-state index contributed by atoms with van der Waals surface area (Å²) in [4.78, 5) is 14.7. The number of amides is 1. The van der Waals surface area contributed by atoms with Gasteiger partial charge in [0.25, 0.3) is 0 Å². The van der Waals surface area contributed by atoms with Crippen molar-refractivity contribution in [1.82, 2.24) is 10.2 Å². The lowest BCUT2D eigenvalue weighted by molar-refractivity contribution is -0.118. The van der Waals surface area contributed by atoms with Gasteiger partial charge in [-0.25, -0.2) is 4.39 Å². The van der Waals surface area contributed by atoms with Crippen molar-refractivity contribution < 1.29 is 13.9 Å². The number of nitrogens with zero attached hydrogens (tertiary/aromatic N) is 3. The molecule has 7 heteroatoms. The summed E-state index contributed by atoms with van der Waals surface area (Å²) >= 11 is 1.29. The average molecular weight is 414 g/mol. The summed E-state index contributed by atoms with van der Waals surface area (Å²) in [5.41, 5.74) is 1.64. The molecule has 29 heavy (non-hydrogen) atoms. The lowest BCUT2D eigenvalue weighted by Crippen LogP contribution is -2.34. The van der Waals surface area contributed by atoms with Crippen molar-refractivity contribution in [2.45, 2.75) is 26.7 Å². The number of anilines is 1. The minimum absolute atomic E-state index is 0.0217. The first-order valence-electron chi connectivity index (χ1n) is 9.49. The molecular weight excluding hydrogens is 389 g/mol. The highest BCUT2D eigenvalue weighted by Crippen LogP contribution is 2.30. The standard InChI is InChI=1S/C22H24FN3O2S/c1-15(2)14-26(20(27)12-11-16-7-4-5-10-19(16)28-3)22-25-24-21(29-22)17-8-6-9-18(23)13-17/h4-10,13,15H,11-12,14H2,1-3H3. The third-order valence-electron chi connectivity index (χ3n) is 4.37. The van der Waals surface area contributed by atoms with Gasteiger partial charge in [0.1, 0.15) is 16.6 Å². The van der Waals surface area contributed by atoms with E-state index in [1.807, 2.05) is 24.3 Å². The lowest BCUT2D eigenvalue weighted by Gasteiger charge is -2.21. The van der Waals surface area contributed by atoms with Crippen LogP contribution in [0.5, 0.6) is 5.75 Å². The summed E-state index contributed by atoms with van der Waals surface area (Å²) in [7, 11) is 1.63. The van der Waals surface area contributed by atoms with Gasteiger partial charge in [0.05, 0.1) is 7.11 Å². The molecule has 0 bridgehead atoms. The number of carbonyl (C=O) groups excluding carboxylic acids is 1. The molecule has 0 unspecified atom stereocenters. The minimum atomic E-state index is -0.328. The number of para-hydroxylation sites is 1. The maximum Gasteiger partial charge on any atom is 0.229 e. The first kappa shape index (κ1) is 20.9. The monoisotopic (exact) mass is 413 g/mol. The van der Waals surface area contributed by atoms with Gasteiger partial charge in [-0.3, -0.25) is 9.69 Å². The zero-order valence-corrected chi connectivity index (χ0v) is 17.6. The van der Waals surface area contributed by atoms with E-state index in [1.54, 1.807) is 24.1 Å². The van der Waals surface area contributed by atoms with Gasteiger partial charge in [-0.2, -0.15) is 0 Å². The smallest absolute Gasteiger partial charge is 0.229 e. The van der Waals surface area contributed by atoms with Crippen molar-refractivity contribution in [1.29, 1.82) is 0 Å². The highest BCUT2D eigenvalue weighted by Gasteiger charge is 2.22. The normalized spacial score (nSPS) is 10.9. The molecule has 0 aliphatic carbocycles. The second kappa shape index (κ2) is 9.60. The molecule has 0 saturated carbocycles. The molecule has 3 aromatic rings. The quantitative estimate of drug-likeness (QED) is 0.523. The lowest BCUT2D eigenvalue weighted by atomic mass is 10.1. The van der Waals surface area contributed by atoms with E-state index in [0.717, 1.165) is 11.3 Å². The molecule has 0 spiro atoms. The Balaban J connectivity index is 1.78. The van der Waals surface area contributed by atoms with E-state index in [4.69, 9.17) is 4.74 Å². The summed E-state index contributed by atoms with van der Waals surface area (Å²) in [6, 6.07) is 13.9. The van der Waals surface area contributed by atoms with E-state index in [-0.39, 0.29) is 17.6 Å². The summed E-state index contributed by atoms with van der Waals surface area (Å²) in [6.45, 7) is 4.65. The number of carbonyl (C=O) groups is 1. The van der Waals surface area contributed by atoms with Crippen LogP contribution in [-0.4, -0.2) is 29.8 Å². The van der Waals surface area contributed by atoms with Crippen LogP contribution in [0.1, 0.15) is 25.8 Å². The Labute approximate surface area is 174 Å². The molecule has 0 aliphatic heterocycles. The average Bonchev–Trinajstić information content (AvgIpc) is 3.20. The van der Waals surface area contributed by atoms with E-state index in [1.165, 1.54) is 23.5 Å². The molecule has 1 aromatic heterocycles. The van der Waals surface area contributed by atoms with E-state index in [9.17, 15) is 9.18 Å². The molecule has 2 aromatic carbocycles. The summed E-state index contributed by atoms with van der Waals surface area (Å²) in [5.74, 6) is 0.699.